The average molecular weight is 337 g/mol. The smallest absolute Gasteiger partial charge is 0.223 e. The molecule has 3 rings (SSSR count). The minimum absolute atomic E-state index is 0.104. The number of hydrogen-bond acceptors (Lipinski definition) is 4. The highest BCUT2D eigenvalue weighted by Gasteiger charge is 2.18. The summed E-state index contributed by atoms with van der Waals surface area (Å²) in [6.45, 7) is -0.455. The molecule has 0 amide bonds. The van der Waals surface area contributed by atoms with Gasteiger partial charge >= 0.3 is 0 Å². The second-order valence-corrected chi connectivity index (χ2v) is 5.60. The molecule has 128 valence electrons. The van der Waals surface area contributed by atoms with Crippen LogP contribution in [0, 0.1) is 0 Å². The first kappa shape index (κ1) is 17.0. The predicted octanol–water partition coefficient (Wildman–Crippen LogP) is 2.50. The molecule has 25 heavy (non-hydrogen) atoms. The molecule has 0 aliphatic rings. The standard InChI is InChI=1S/C20H19NO4/c22-14-19(24)21-12-11-17(23)18(13-21)25-20(15-7-3-1-4-8-15)16-9-5-2-6-10-16/h1-13,19-20,22,24H,14H2. The second-order valence-electron chi connectivity index (χ2n) is 5.60. The summed E-state index contributed by atoms with van der Waals surface area (Å²) >= 11 is 0. The van der Waals surface area contributed by atoms with Gasteiger partial charge in [-0.2, -0.15) is 0 Å². The first-order valence-electron chi connectivity index (χ1n) is 7.96. The van der Waals surface area contributed by atoms with Crippen LogP contribution in [0.4, 0.5) is 0 Å². The lowest BCUT2D eigenvalue weighted by Gasteiger charge is -2.21. The minimum atomic E-state index is -1.13. The minimum Gasteiger partial charge on any atom is -0.475 e. The van der Waals surface area contributed by atoms with Gasteiger partial charge in [0.05, 0.1) is 12.8 Å². The van der Waals surface area contributed by atoms with Crippen LogP contribution >= 0.6 is 0 Å². The highest BCUT2D eigenvalue weighted by molar-refractivity contribution is 5.32. The Labute approximate surface area is 145 Å². The zero-order chi connectivity index (χ0) is 17.6. The van der Waals surface area contributed by atoms with Crippen molar-refractivity contribution in [2.24, 2.45) is 0 Å². The number of nitrogens with zero attached hydrogens (tertiary/aromatic N) is 1. The summed E-state index contributed by atoms with van der Waals surface area (Å²) < 4.78 is 7.36. The third-order valence-corrected chi connectivity index (χ3v) is 3.86. The van der Waals surface area contributed by atoms with Gasteiger partial charge < -0.3 is 19.5 Å². The molecule has 1 heterocycles. The Bertz CT molecular complexity index is 822. The molecular weight excluding hydrogens is 318 g/mol. The number of pyridine rings is 1. The van der Waals surface area contributed by atoms with Crippen molar-refractivity contribution in [3.8, 4) is 5.75 Å². The summed E-state index contributed by atoms with van der Waals surface area (Å²) in [7, 11) is 0. The first-order chi connectivity index (χ1) is 12.2. The monoisotopic (exact) mass is 337 g/mol. The van der Waals surface area contributed by atoms with E-state index < -0.39 is 18.9 Å². The van der Waals surface area contributed by atoms with E-state index in [1.807, 2.05) is 60.7 Å². The number of benzene rings is 2. The number of aromatic nitrogens is 1. The molecule has 1 unspecified atom stereocenters. The third-order valence-electron chi connectivity index (χ3n) is 3.86. The quantitative estimate of drug-likeness (QED) is 0.725. The lowest BCUT2D eigenvalue weighted by Crippen LogP contribution is -2.19. The third kappa shape index (κ3) is 3.96. The topological polar surface area (TPSA) is 71.7 Å². The molecule has 0 aliphatic heterocycles. The lowest BCUT2D eigenvalue weighted by molar-refractivity contribution is 0.0379. The van der Waals surface area contributed by atoms with Crippen LogP contribution in [-0.4, -0.2) is 21.4 Å². The Balaban J connectivity index is 2.00. The zero-order valence-electron chi connectivity index (χ0n) is 13.5. The molecule has 0 radical (unpaired) electrons. The normalized spacial score (nSPS) is 12.1. The summed E-state index contributed by atoms with van der Waals surface area (Å²) in [5, 5.41) is 18.9. The summed E-state index contributed by atoms with van der Waals surface area (Å²) in [5.74, 6) is 0.104. The van der Waals surface area contributed by atoms with Crippen molar-refractivity contribution >= 4 is 0 Å². The van der Waals surface area contributed by atoms with Gasteiger partial charge in [-0.25, -0.2) is 0 Å². The molecule has 3 aromatic rings. The number of aliphatic hydroxyl groups is 2. The van der Waals surface area contributed by atoms with E-state index in [0.717, 1.165) is 11.1 Å². The second kappa shape index (κ2) is 7.79. The van der Waals surface area contributed by atoms with E-state index in [2.05, 4.69) is 0 Å². The molecule has 0 aliphatic carbocycles. The molecule has 1 aromatic heterocycles. The highest BCUT2D eigenvalue weighted by Crippen LogP contribution is 2.27. The van der Waals surface area contributed by atoms with Crippen molar-refractivity contribution in [3.05, 3.63) is 100 Å². The van der Waals surface area contributed by atoms with Gasteiger partial charge in [-0.3, -0.25) is 4.79 Å². The predicted molar refractivity (Wildman–Crippen MR) is 94.4 cm³/mol. The molecule has 0 spiro atoms. The lowest BCUT2D eigenvalue weighted by atomic mass is 10.0. The Morgan fingerprint density at radius 2 is 1.48 bits per heavy atom. The molecule has 1 atom stereocenters. The SMILES string of the molecule is O=c1ccn(C(O)CO)cc1OC(c1ccccc1)c1ccccc1. The van der Waals surface area contributed by atoms with Gasteiger partial charge in [-0.1, -0.05) is 60.7 Å². The molecule has 2 aromatic carbocycles. The van der Waals surface area contributed by atoms with Crippen molar-refractivity contribution in [2.75, 3.05) is 6.61 Å². The van der Waals surface area contributed by atoms with Crippen molar-refractivity contribution in [1.82, 2.24) is 4.57 Å². The summed E-state index contributed by atoms with van der Waals surface area (Å²) in [5.41, 5.74) is 1.52. The first-order valence-corrected chi connectivity index (χ1v) is 7.96. The van der Waals surface area contributed by atoms with Gasteiger partial charge in [0, 0.05) is 12.3 Å². The molecule has 0 fully saturated rings. The van der Waals surface area contributed by atoms with Crippen molar-refractivity contribution in [1.29, 1.82) is 0 Å². The van der Waals surface area contributed by atoms with E-state index in [9.17, 15) is 9.90 Å². The maximum atomic E-state index is 12.2. The van der Waals surface area contributed by atoms with Gasteiger partial charge in [0.25, 0.3) is 0 Å². The Kier molecular flexibility index (Phi) is 5.28. The Morgan fingerprint density at radius 3 is 2.00 bits per heavy atom. The van der Waals surface area contributed by atoms with Gasteiger partial charge in [-0.15, -0.1) is 0 Å². The van der Waals surface area contributed by atoms with Crippen LogP contribution in [0.2, 0.25) is 0 Å². The Hall–Kier alpha value is -2.89. The van der Waals surface area contributed by atoms with Crippen molar-refractivity contribution in [3.63, 3.8) is 0 Å². The summed E-state index contributed by atoms with van der Waals surface area (Å²) in [6, 6.07) is 20.5. The zero-order valence-corrected chi connectivity index (χ0v) is 13.5. The molecule has 0 saturated carbocycles. The van der Waals surface area contributed by atoms with E-state index in [1.165, 1.54) is 23.0 Å². The fourth-order valence-electron chi connectivity index (χ4n) is 2.56. The van der Waals surface area contributed by atoms with Crippen LogP contribution in [0.25, 0.3) is 0 Å². The molecule has 2 N–H and O–H groups in total. The fraction of sp³-hybridized carbons (Fsp3) is 0.150. The molecule has 0 saturated heterocycles. The van der Waals surface area contributed by atoms with E-state index in [-0.39, 0.29) is 11.2 Å². The van der Waals surface area contributed by atoms with Crippen LogP contribution in [-0.2, 0) is 0 Å². The number of rotatable bonds is 6. The van der Waals surface area contributed by atoms with E-state index in [1.54, 1.807) is 0 Å². The summed E-state index contributed by atoms with van der Waals surface area (Å²) in [6.07, 6.45) is 1.23. The fourth-order valence-corrected chi connectivity index (χ4v) is 2.56. The maximum absolute atomic E-state index is 12.2. The van der Waals surface area contributed by atoms with E-state index in [4.69, 9.17) is 9.84 Å². The molecule has 0 bridgehead atoms. The molecule has 5 nitrogen and oxygen atoms in total. The van der Waals surface area contributed by atoms with Crippen LogP contribution in [0.1, 0.15) is 23.5 Å². The van der Waals surface area contributed by atoms with E-state index >= 15 is 0 Å². The van der Waals surface area contributed by atoms with Crippen LogP contribution in [0.15, 0.2) is 83.9 Å². The van der Waals surface area contributed by atoms with Crippen molar-refractivity contribution in [2.45, 2.75) is 12.3 Å². The van der Waals surface area contributed by atoms with Gasteiger partial charge in [0.2, 0.25) is 5.43 Å². The van der Waals surface area contributed by atoms with Crippen LogP contribution in [0.3, 0.4) is 0 Å². The van der Waals surface area contributed by atoms with Gasteiger partial charge in [0.15, 0.2) is 12.0 Å². The maximum Gasteiger partial charge on any atom is 0.223 e. The van der Waals surface area contributed by atoms with Crippen LogP contribution in [0.5, 0.6) is 5.75 Å². The number of ether oxygens (including phenoxy) is 1. The Morgan fingerprint density at radius 1 is 0.920 bits per heavy atom. The number of aliphatic hydroxyl groups excluding tert-OH is 2. The average Bonchev–Trinajstić information content (AvgIpc) is 2.68. The summed E-state index contributed by atoms with van der Waals surface area (Å²) in [4.78, 5) is 12.2. The molecule has 5 heteroatoms. The number of hydrogen-bond donors (Lipinski definition) is 2. The molecular formula is C20H19NO4. The van der Waals surface area contributed by atoms with Crippen LogP contribution < -0.4 is 10.2 Å². The largest absolute Gasteiger partial charge is 0.475 e. The van der Waals surface area contributed by atoms with E-state index in [0.29, 0.717) is 0 Å². The van der Waals surface area contributed by atoms with Crippen molar-refractivity contribution < 1.29 is 14.9 Å². The highest BCUT2D eigenvalue weighted by atomic mass is 16.5. The van der Waals surface area contributed by atoms with Gasteiger partial charge in [0.1, 0.15) is 6.10 Å². The van der Waals surface area contributed by atoms with Gasteiger partial charge in [-0.05, 0) is 11.1 Å².